The Morgan fingerprint density at radius 2 is 0.750 bits per heavy atom. The summed E-state index contributed by atoms with van der Waals surface area (Å²) in [6.07, 6.45) is -0.286. The molecule has 0 amide bonds. The summed E-state index contributed by atoms with van der Waals surface area (Å²) < 4.78 is 28.4. The summed E-state index contributed by atoms with van der Waals surface area (Å²) in [7, 11) is 0. The third-order valence-electron chi connectivity index (χ3n) is 6.36. The first kappa shape index (κ1) is 43.3. The van der Waals surface area contributed by atoms with Gasteiger partial charge in [-0.1, -0.05) is 0 Å². The summed E-state index contributed by atoms with van der Waals surface area (Å²) in [4.78, 5) is 72.0. The van der Waals surface area contributed by atoms with Gasteiger partial charge in [-0.05, 0) is 104 Å². The summed E-state index contributed by atoms with van der Waals surface area (Å²) in [5.74, 6) is -2.81. The minimum absolute atomic E-state index is 0.0436. The van der Waals surface area contributed by atoms with E-state index < -0.39 is 63.4 Å². The average molecular weight is 686 g/mol. The van der Waals surface area contributed by atoms with Crippen molar-refractivity contribution in [3.05, 3.63) is 0 Å². The van der Waals surface area contributed by atoms with Gasteiger partial charge in [0.1, 0.15) is 28.0 Å². The van der Waals surface area contributed by atoms with Gasteiger partial charge in [-0.3, -0.25) is 38.7 Å². The van der Waals surface area contributed by atoms with E-state index in [9.17, 15) is 24.0 Å². The molecule has 48 heavy (non-hydrogen) atoms. The van der Waals surface area contributed by atoms with E-state index >= 15 is 0 Å². The van der Waals surface area contributed by atoms with Crippen LogP contribution in [-0.2, 0) is 47.7 Å². The van der Waals surface area contributed by atoms with Crippen LogP contribution in [0.4, 0.5) is 0 Å². The smallest absolute Gasteiger partial charge is 0.320 e. The van der Waals surface area contributed by atoms with Crippen LogP contribution in [0.3, 0.4) is 0 Å². The third kappa shape index (κ3) is 18.7. The quantitative estimate of drug-likeness (QED) is 0.231. The molecular formula is C35H63N3O10. The number of nitrogens with zero attached hydrogens (tertiary/aromatic N) is 3. The second kappa shape index (κ2) is 16.3. The summed E-state index contributed by atoms with van der Waals surface area (Å²) in [6, 6.07) is 0. The fourth-order valence-electron chi connectivity index (χ4n) is 5.23. The monoisotopic (exact) mass is 685 g/mol. The van der Waals surface area contributed by atoms with Crippen molar-refractivity contribution in [2.24, 2.45) is 0 Å². The van der Waals surface area contributed by atoms with Gasteiger partial charge >= 0.3 is 29.8 Å². The van der Waals surface area contributed by atoms with Crippen LogP contribution in [0.15, 0.2) is 0 Å². The number of esters is 5. The normalized spacial score (nSPS) is 16.9. The molecule has 1 aliphatic rings. The van der Waals surface area contributed by atoms with Crippen LogP contribution in [0.1, 0.15) is 110 Å². The van der Waals surface area contributed by atoms with Crippen LogP contribution >= 0.6 is 0 Å². The Hall–Kier alpha value is -2.77. The lowest BCUT2D eigenvalue weighted by Gasteiger charge is -2.45. The average Bonchev–Trinajstić information content (AvgIpc) is 2.91. The summed E-state index contributed by atoms with van der Waals surface area (Å²) in [5, 5.41) is 0. The molecule has 1 aliphatic heterocycles. The maximum Gasteiger partial charge on any atom is 0.320 e. The number of hydrogen-bond acceptors (Lipinski definition) is 13. The molecule has 0 aromatic heterocycles. The Balaban J connectivity index is 3.87. The summed E-state index contributed by atoms with van der Waals surface area (Å²) in [5.41, 5.74) is -5.32. The van der Waals surface area contributed by atoms with Gasteiger partial charge in [0.25, 0.3) is 0 Å². The minimum atomic E-state index is -1.35. The molecule has 1 rings (SSSR count). The van der Waals surface area contributed by atoms with Gasteiger partial charge in [-0.25, -0.2) is 0 Å². The zero-order valence-corrected chi connectivity index (χ0v) is 32.3. The molecule has 0 saturated carbocycles. The molecule has 1 fully saturated rings. The Labute approximate surface area is 288 Å². The van der Waals surface area contributed by atoms with E-state index in [0.29, 0.717) is 13.1 Å². The molecule has 0 radical (unpaired) electrons. The van der Waals surface area contributed by atoms with Crippen LogP contribution in [-0.4, -0.2) is 130 Å². The second-order valence-electron chi connectivity index (χ2n) is 17.6. The van der Waals surface area contributed by atoms with Crippen molar-refractivity contribution in [2.75, 3.05) is 52.4 Å². The van der Waals surface area contributed by atoms with E-state index in [0.717, 1.165) is 0 Å². The number of carbonyl (C=O) groups excluding carboxylic acids is 5. The molecule has 0 aliphatic carbocycles. The molecule has 0 N–H and O–H groups in total. The van der Waals surface area contributed by atoms with Crippen molar-refractivity contribution in [3.8, 4) is 0 Å². The number of carbonyl (C=O) groups is 5. The predicted molar refractivity (Wildman–Crippen MR) is 181 cm³/mol. The first-order valence-corrected chi connectivity index (χ1v) is 16.6. The van der Waals surface area contributed by atoms with E-state index in [1.165, 1.54) is 0 Å². The fraction of sp³-hybridized carbons (Fsp3) is 0.857. The molecule has 1 saturated heterocycles. The second-order valence-corrected chi connectivity index (χ2v) is 17.6. The Morgan fingerprint density at radius 3 is 1.04 bits per heavy atom. The van der Waals surface area contributed by atoms with Crippen molar-refractivity contribution in [1.29, 1.82) is 0 Å². The van der Waals surface area contributed by atoms with Crippen molar-refractivity contribution in [1.82, 2.24) is 14.7 Å². The van der Waals surface area contributed by atoms with E-state index in [1.807, 2.05) is 9.80 Å². The lowest BCUT2D eigenvalue weighted by molar-refractivity contribution is -0.170. The maximum absolute atomic E-state index is 13.7. The van der Waals surface area contributed by atoms with Crippen LogP contribution in [0.25, 0.3) is 0 Å². The van der Waals surface area contributed by atoms with Crippen LogP contribution in [0, 0.1) is 0 Å². The Morgan fingerprint density at radius 1 is 0.479 bits per heavy atom. The highest BCUT2D eigenvalue weighted by Crippen LogP contribution is 2.29. The fourth-order valence-corrected chi connectivity index (χ4v) is 5.23. The molecular weight excluding hydrogens is 622 g/mol. The maximum atomic E-state index is 13.7. The van der Waals surface area contributed by atoms with Gasteiger partial charge < -0.3 is 23.7 Å². The molecule has 0 unspecified atom stereocenters. The van der Waals surface area contributed by atoms with Crippen molar-refractivity contribution >= 4 is 29.8 Å². The van der Waals surface area contributed by atoms with Gasteiger partial charge in [0.05, 0.1) is 38.1 Å². The van der Waals surface area contributed by atoms with E-state index in [-0.39, 0.29) is 45.7 Å². The minimum Gasteiger partial charge on any atom is -0.460 e. The topological polar surface area (TPSA) is 141 Å². The molecule has 13 heteroatoms. The van der Waals surface area contributed by atoms with Crippen LogP contribution in [0.2, 0.25) is 0 Å². The molecule has 0 spiro atoms. The Kier molecular flexibility index (Phi) is 14.7. The first-order valence-electron chi connectivity index (χ1n) is 16.6. The molecule has 0 bridgehead atoms. The number of rotatable bonds is 11. The highest BCUT2D eigenvalue weighted by atomic mass is 16.6. The van der Waals surface area contributed by atoms with E-state index in [4.69, 9.17) is 23.7 Å². The standard InChI is InChI=1S/C35H63N3O10/c1-30(2,3)44-25(39)18-35(38(21-28(42)47-33(10,11)12)22-29(43)48-34(13,14)15)23-36(19-26(40)45-31(4,5)6)16-17-37(24-35)20-27(41)46-32(7,8)9/h16-24H2,1-15H3. The van der Waals surface area contributed by atoms with E-state index in [2.05, 4.69) is 0 Å². The molecule has 0 aromatic rings. The van der Waals surface area contributed by atoms with Gasteiger partial charge in [-0.2, -0.15) is 0 Å². The molecule has 0 atom stereocenters. The lowest BCUT2D eigenvalue weighted by atomic mass is 9.90. The summed E-state index contributed by atoms with van der Waals surface area (Å²) in [6.45, 7) is 25.9. The van der Waals surface area contributed by atoms with Gasteiger partial charge in [0, 0.05) is 26.2 Å². The Bertz CT molecular complexity index is 1060. The zero-order valence-electron chi connectivity index (χ0n) is 32.3. The number of ether oxygens (including phenoxy) is 5. The van der Waals surface area contributed by atoms with Crippen molar-refractivity contribution in [2.45, 2.75) is 144 Å². The highest BCUT2D eigenvalue weighted by molar-refractivity contribution is 5.77. The third-order valence-corrected chi connectivity index (χ3v) is 6.36. The van der Waals surface area contributed by atoms with E-state index in [1.54, 1.807) is 109 Å². The van der Waals surface area contributed by atoms with Gasteiger partial charge in [-0.15, -0.1) is 0 Å². The lowest BCUT2D eigenvalue weighted by Crippen LogP contribution is -2.63. The van der Waals surface area contributed by atoms with Crippen molar-refractivity contribution < 1.29 is 47.7 Å². The van der Waals surface area contributed by atoms with Gasteiger partial charge in [0.2, 0.25) is 0 Å². The molecule has 278 valence electrons. The van der Waals surface area contributed by atoms with Crippen molar-refractivity contribution in [3.63, 3.8) is 0 Å². The SMILES string of the molecule is CC(C)(C)OC(=O)CN1CCN(CC(=O)OC(C)(C)C)CC(CC(=O)OC(C)(C)C)(N(CC(=O)OC(C)(C)C)CC(=O)OC(C)(C)C)C1. The largest absolute Gasteiger partial charge is 0.460 e. The first-order chi connectivity index (χ1) is 21.4. The number of hydrogen-bond donors (Lipinski definition) is 0. The van der Waals surface area contributed by atoms with Crippen LogP contribution in [0.5, 0.6) is 0 Å². The van der Waals surface area contributed by atoms with Gasteiger partial charge in [0.15, 0.2) is 0 Å². The summed E-state index contributed by atoms with van der Waals surface area (Å²) >= 11 is 0. The predicted octanol–water partition coefficient (Wildman–Crippen LogP) is 3.74. The van der Waals surface area contributed by atoms with Crippen LogP contribution < -0.4 is 0 Å². The molecule has 0 aromatic carbocycles. The zero-order chi connectivity index (χ0) is 37.5. The molecule has 13 nitrogen and oxygen atoms in total. The molecule has 1 heterocycles. The highest BCUT2D eigenvalue weighted by Gasteiger charge is 2.47.